The number of carbonyl (C=O) groups excluding carboxylic acids is 1. The van der Waals surface area contributed by atoms with Crippen LogP contribution in [-0.2, 0) is 11.3 Å². The third kappa shape index (κ3) is 3.26. The highest BCUT2D eigenvalue weighted by atomic mass is 16.5. The monoisotopic (exact) mass is 330 g/mol. The van der Waals surface area contributed by atoms with Gasteiger partial charge in [-0.1, -0.05) is 0 Å². The minimum atomic E-state index is -0.352. The van der Waals surface area contributed by atoms with Crippen molar-refractivity contribution in [2.45, 2.75) is 32.9 Å². The molecule has 1 fully saturated rings. The molecule has 0 aromatic carbocycles. The molecular weight excluding hydrogens is 308 g/mol. The van der Waals surface area contributed by atoms with E-state index in [1.54, 1.807) is 13.1 Å². The lowest BCUT2D eigenvalue weighted by Crippen LogP contribution is -2.34. The van der Waals surface area contributed by atoms with Crippen LogP contribution in [0, 0.1) is 12.8 Å². The van der Waals surface area contributed by atoms with E-state index in [-0.39, 0.29) is 28.9 Å². The molecule has 24 heavy (non-hydrogen) atoms. The fourth-order valence-electron chi connectivity index (χ4n) is 2.99. The van der Waals surface area contributed by atoms with Gasteiger partial charge in [0.1, 0.15) is 5.56 Å². The number of aromatic amines is 1. The lowest BCUT2D eigenvalue weighted by atomic mass is 9.97. The molecule has 2 N–H and O–H groups in total. The van der Waals surface area contributed by atoms with Crippen LogP contribution in [0.3, 0.4) is 0 Å². The molecule has 7 heteroatoms. The molecule has 1 aliphatic heterocycles. The largest absolute Gasteiger partial charge is 0.373 e. The van der Waals surface area contributed by atoms with E-state index >= 15 is 0 Å². The van der Waals surface area contributed by atoms with Gasteiger partial charge in [0.05, 0.1) is 12.3 Å². The molecule has 1 saturated heterocycles. The molecule has 0 spiro atoms. The van der Waals surface area contributed by atoms with Crippen LogP contribution in [0.4, 0.5) is 0 Å². The number of hydrogen-bond donors (Lipinski definition) is 2. The Morgan fingerprint density at radius 3 is 3.08 bits per heavy atom. The Balaban J connectivity index is 1.66. The standard InChI is InChI=1S/C17H22N4O3/c1-3-21-10-13(8-20-21)16-12(4-5-24-16)7-19-17(23)14-9-18-6-11(2)15(14)22/h6,8-10,12,16H,3-5,7H2,1-2H3,(H,18,22)(H,19,23)/t12-,16+/m0/s1. The Kier molecular flexibility index (Phi) is 4.80. The molecule has 2 aromatic heterocycles. The molecule has 1 aliphatic rings. The second-order valence-corrected chi connectivity index (χ2v) is 6.06. The fraction of sp³-hybridized carbons (Fsp3) is 0.471. The quantitative estimate of drug-likeness (QED) is 0.867. The third-order valence-electron chi connectivity index (χ3n) is 4.42. The van der Waals surface area contributed by atoms with Gasteiger partial charge in [-0.15, -0.1) is 0 Å². The summed E-state index contributed by atoms with van der Waals surface area (Å²) in [5.74, 6) is -0.179. The van der Waals surface area contributed by atoms with Crippen molar-refractivity contribution < 1.29 is 9.53 Å². The van der Waals surface area contributed by atoms with Gasteiger partial charge in [0.15, 0.2) is 5.43 Å². The van der Waals surface area contributed by atoms with Gasteiger partial charge >= 0.3 is 0 Å². The zero-order chi connectivity index (χ0) is 17.1. The topological polar surface area (TPSA) is 89.0 Å². The van der Waals surface area contributed by atoms with Gasteiger partial charge in [-0.25, -0.2) is 0 Å². The minimum Gasteiger partial charge on any atom is -0.373 e. The molecule has 0 aliphatic carbocycles. The second kappa shape index (κ2) is 7.00. The Bertz CT molecular complexity index is 780. The molecule has 3 heterocycles. The number of amides is 1. The van der Waals surface area contributed by atoms with Crippen molar-refractivity contribution in [2.75, 3.05) is 13.2 Å². The molecule has 7 nitrogen and oxygen atoms in total. The van der Waals surface area contributed by atoms with Crippen LogP contribution < -0.4 is 10.7 Å². The van der Waals surface area contributed by atoms with Crippen molar-refractivity contribution in [3.63, 3.8) is 0 Å². The molecule has 1 amide bonds. The van der Waals surface area contributed by atoms with Gasteiger partial charge in [0, 0.05) is 55.3 Å². The smallest absolute Gasteiger partial charge is 0.256 e. The lowest BCUT2D eigenvalue weighted by Gasteiger charge is -2.17. The van der Waals surface area contributed by atoms with Gasteiger partial charge in [0.2, 0.25) is 0 Å². The molecule has 128 valence electrons. The molecule has 3 rings (SSSR count). The summed E-state index contributed by atoms with van der Waals surface area (Å²) in [6, 6.07) is 0. The number of nitrogens with zero attached hydrogens (tertiary/aromatic N) is 2. The summed E-state index contributed by atoms with van der Waals surface area (Å²) in [5.41, 5.74) is 1.46. The summed E-state index contributed by atoms with van der Waals surface area (Å²) in [6.07, 6.45) is 7.63. The van der Waals surface area contributed by atoms with Crippen LogP contribution >= 0.6 is 0 Å². The average molecular weight is 330 g/mol. The predicted molar refractivity (Wildman–Crippen MR) is 88.8 cm³/mol. The average Bonchev–Trinajstić information content (AvgIpc) is 3.23. The molecule has 0 saturated carbocycles. The van der Waals surface area contributed by atoms with Crippen molar-refractivity contribution in [3.05, 3.63) is 51.7 Å². The Morgan fingerprint density at radius 2 is 2.33 bits per heavy atom. The van der Waals surface area contributed by atoms with Gasteiger partial charge < -0.3 is 15.0 Å². The first-order valence-corrected chi connectivity index (χ1v) is 8.20. The number of ether oxygens (including phenoxy) is 1. The maximum absolute atomic E-state index is 12.3. The normalized spacial score (nSPS) is 20.2. The van der Waals surface area contributed by atoms with Crippen LogP contribution in [0.1, 0.15) is 40.9 Å². The van der Waals surface area contributed by atoms with Gasteiger partial charge in [-0.2, -0.15) is 5.10 Å². The van der Waals surface area contributed by atoms with Crippen molar-refractivity contribution in [1.82, 2.24) is 20.1 Å². The maximum Gasteiger partial charge on any atom is 0.256 e. The number of aromatic nitrogens is 3. The third-order valence-corrected chi connectivity index (χ3v) is 4.42. The van der Waals surface area contributed by atoms with Gasteiger partial charge in [-0.05, 0) is 20.3 Å². The first kappa shape index (κ1) is 16.4. The highest BCUT2D eigenvalue weighted by molar-refractivity contribution is 5.93. The summed E-state index contributed by atoms with van der Waals surface area (Å²) in [7, 11) is 0. The van der Waals surface area contributed by atoms with Crippen molar-refractivity contribution in [1.29, 1.82) is 0 Å². The summed E-state index contributed by atoms with van der Waals surface area (Å²) in [6.45, 7) is 5.65. The van der Waals surface area contributed by atoms with Crippen LogP contribution in [0.25, 0.3) is 0 Å². The van der Waals surface area contributed by atoms with Gasteiger partial charge in [0.25, 0.3) is 5.91 Å². The number of pyridine rings is 1. The van der Waals surface area contributed by atoms with Crippen LogP contribution in [0.15, 0.2) is 29.6 Å². The summed E-state index contributed by atoms with van der Waals surface area (Å²) < 4.78 is 7.68. The summed E-state index contributed by atoms with van der Waals surface area (Å²) >= 11 is 0. The van der Waals surface area contributed by atoms with E-state index in [0.29, 0.717) is 18.7 Å². The Morgan fingerprint density at radius 1 is 1.50 bits per heavy atom. The predicted octanol–water partition coefficient (Wildman–Crippen LogP) is 1.41. The van der Waals surface area contributed by atoms with Crippen LogP contribution in [0.2, 0.25) is 0 Å². The first-order chi connectivity index (χ1) is 11.6. The zero-order valence-corrected chi connectivity index (χ0v) is 13.9. The number of hydrogen-bond acceptors (Lipinski definition) is 4. The number of carbonyl (C=O) groups is 1. The Hall–Kier alpha value is -2.41. The zero-order valence-electron chi connectivity index (χ0n) is 13.9. The first-order valence-electron chi connectivity index (χ1n) is 8.20. The van der Waals surface area contributed by atoms with Crippen molar-refractivity contribution in [3.8, 4) is 0 Å². The van der Waals surface area contributed by atoms with Crippen LogP contribution in [-0.4, -0.2) is 33.8 Å². The summed E-state index contributed by atoms with van der Waals surface area (Å²) in [5, 5.41) is 7.15. The van der Waals surface area contributed by atoms with Crippen molar-refractivity contribution >= 4 is 5.91 Å². The second-order valence-electron chi connectivity index (χ2n) is 6.06. The van der Waals surface area contributed by atoms with E-state index in [4.69, 9.17) is 4.74 Å². The summed E-state index contributed by atoms with van der Waals surface area (Å²) in [4.78, 5) is 27.1. The van der Waals surface area contributed by atoms with E-state index in [9.17, 15) is 9.59 Å². The number of aryl methyl sites for hydroxylation is 2. The number of H-pyrrole nitrogens is 1. The minimum absolute atomic E-state index is 0.0682. The molecule has 0 unspecified atom stereocenters. The molecule has 2 aromatic rings. The van der Waals surface area contributed by atoms with E-state index in [1.165, 1.54) is 6.20 Å². The molecule has 0 radical (unpaired) electrons. The van der Waals surface area contributed by atoms with E-state index in [1.807, 2.05) is 24.0 Å². The Labute approximate surface area is 140 Å². The van der Waals surface area contributed by atoms with Gasteiger partial charge in [-0.3, -0.25) is 14.3 Å². The van der Waals surface area contributed by atoms with E-state index < -0.39 is 0 Å². The SMILES string of the molecule is CCn1cc([C@@H]2OCC[C@H]2CNC(=O)c2c[nH]cc(C)c2=O)cn1. The van der Waals surface area contributed by atoms with Crippen molar-refractivity contribution in [2.24, 2.45) is 5.92 Å². The van der Waals surface area contributed by atoms with E-state index in [2.05, 4.69) is 15.4 Å². The maximum atomic E-state index is 12.3. The number of rotatable bonds is 5. The highest BCUT2D eigenvalue weighted by Gasteiger charge is 2.31. The molecule has 2 atom stereocenters. The molecular formula is C17H22N4O3. The van der Waals surface area contributed by atoms with Crippen LogP contribution in [0.5, 0.6) is 0 Å². The molecule has 0 bridgehead atoms. The highest BCUT2D eigenvalue weighted by Crippen LogP contribution is 2.33. The van der Waals surface area contributed by atoms with E-state index in [0.717, 1.165) is 18.5 Å². The lowest BCUT2D eigenvalue weighted by molar-refractivity contribution is 0.0845. The fourth-order valence-corrected chi connectivity index (χ4v) is 2.99. The number of nitrogens with one attached hydrogen (secondary N) is 2.